The Morgan fingerprint density at radius 1 is 0.920 bits per heavy atom. The van der Waals surface area contributed by atoms with Crippen LogP contribution in [0.5, 0.6) is 0 Å². The van der Waals surface area contributed by atoms with Crippen molar-refractivity contribution in [2.75, 3.05) is 13.2 Å². The van der Waals surface area contributed by atoms with E-state index in [0.29, 0.717) is 5.90 Å². The molecule has 11 heteroatoms. The maximum Gasteiger partial charge on any atom is 0.227 e. The first-order valence-electron chi connectivity index (χ1n) is 7.98. The summed E-state index contributed by atoms with van der Waals surface area (Å²) in [5, 5.41) is 58.9. The second kappa shape index (κ2) is 7.39. The molecule has 0 aliphatic carbocycles. The number of ether oxygens (including phenoxy) is 4. The molecule has 2 fully saturated rings. The summed E-state index contributed by atoms with van der Waals surface area (Å²) in [6.07, 6.45) is -11.6. The molecule has 0 aromatic heterocycles. The lowest BCUT2D eigenvalue weighted by molar-refractivity contribution is -0.341. The van der Waals surface area contributed by atoms with Gasteiger partial charge in [-0.3, -0.25) is 0 Å². The van der Waals surface area contributed by atoms with Gasteiger partial charge in [0.25, 0.3) is 0 Å². The predicted molar refractivity (Wildman–Crippen MR) is 78.4 cm³/mol. The van der Waals surface area contributed by atoms with Gasteiger partial charge in [-0.1, -0.05) is 0 Å². The van der Waals surface area contributed by atoms with E-state index in [1.54, 1.807) is 6.92 Å². The SMILES string of the molecule is CC1=N[C@H]2C(O)[C@H](O[C@@H]3OC(CO)[C@@H](O)[C@H](O)C3O)C(CO)O[C@@H]2O1. The highest BCUT2D eigenvalue weighted by Gasteiger charge is 2.52. The van der Waals surface area contributed by atoms with Gasteiger partial charge in [0, 0.05) is 6.92 Å². The van der Waals surface area contributed by atoms with E-state index in [-0.39, 0.29) is 0 Å². The third-order valence-corrected chi connectivity index (χ3v) is 4.58. The standard InChI is InChI=1S/C14H23NO10/c1-4-15-7-9(19)12(6(3-17)24-13(7)22-4)25-14-11(21)10(20)8(18)5(2-16)23-14/h5-14,16-21H,2-3H2,1H3/t5?,6?,7-,8+,9?,10-,11?,12+,13-,14-/m0/s1. The van der Waals surface area contributed by atoms with E-state index < -0.39 is 74.6 Å². The highest BCUT2D eigenvalue weighted by atomic mass is 16.7. The molecule has 4 unspecified atom stereocenters. The van der Waals surface area contributed by atoms with Crippen LogP contribution in [0.3, 0.4) is 0 Å². The summed E-state index contributed by atoms with van der Waals surface area (Å²) < 4.78 is 21.6. The number of hydrogen-bond acceptors (Lipinski definition) is 11. The molecular formula is C14H23NO10. The lowest BCUT2D eigenvalue weighted by atomic mass is 9.96. The quantitative estimate of drug-likeness (QED) is 0.289. The highest BCUT2D eigenvalue weighted by molar-refractivity contribution is 5.75. The van der Waals surface area contributed by atoms with E-state index in [4.69, 9.17) is 18.9 Å². The van der Waals surface area contributed by atoms with E-state index in [2.05, 4.69) is 4.99 Å². The number of aliphatic hydroxyl groups excluding tert-OH is 6. The molecule has 0 aromatic carbocycles. The van der Waals surface area contributed by atoms with Crippen LogP contribution >= 0.6 is 0 Å². The Balaban J connectivity index is 1.75. The zero-order valence-electron chi connectivity index (χ0n) is 13.5. The zero-order valence-corrected chi connectivity index (χ0v) is 13.5. The lowest BCUT2D eigenvalue weighted by Crippen LogP contribution is -2.63. The number of aliphatic imine (C=N–C) groups is 1. The van der Waals surface area contributed by atoms with E-state index in [0.717, 1.165) is 0 Å². The first-order chi connectivity index (χ1) is 11.9. The molecule has 6 N–H and O–H groups in total. The minimum absolute atomic E-state index is 0.319. The summed E-state index contributed by atoms with van der Waals surface area (Å²) in [5.74, 6) is 0.319. The number of nitrogens with zero attached hydrogens (tertiary/aromatic N) is 1. The smallest absolute Gasteiger partial charge is 0.227 e. The van der Waals surface area contributed by atoms with Crippen molar-refractivity contribution in [3.8, 4) is 0 Å². The Morgan fingerprint density at radius 2 is 1.60 bits per heavy atom. The second-order valence-corrected chi connectivity index (χ2v) is 6.27. The first-order valence-corrected chi connectivity index (χ1v) is 7.98. The van der Waals surface area contributed by atoms with Gasteiger partial charge in [0.2, 0.25) is 6.29 Å². The fourth-order valence-corrected chi connectivity index (χ4v) is 3.20. The molecule has 3 aliphatic rings. The number of fused-ring (bicyclic) bond motifs is 1. The van der Waals surface area contributed by atoms with Crippen LogP contribution in [0, 0.1) is 0 Å². The van der Waals surface area contributed by atoms with Crippen molar-refractivity contribution in [1.82, 2.24) is 0 Å². The Labute approximate surface area is 143 Å². The van der Waals surface area contributed by atoms with Crippen LogP contribution in [0.4, 0.5) is 0 Å². The van der Waals surface area contributed by atoms with Crippen LogP contribution in [0.1, 0.15) is 6.92 Å². The first kappa shape index (κ1) is 18.9. The second-order valence-electron chi connectivity index (χ2n) is 6.27. The van der Waals surface area contributed by atoms with Crippen molar-refractivity contribution < 1.29 is 49.6 Å². The van der Waals surface area contributed by atoms with Gasteiger partial charge < -0.3 is 49.6 Å². The van der Waals surface area contributed by atoms with Crippen molar-refractivity contribution in [1.29, 1.82) is 0 Å². The molecule has 0 saturated carbocycles. The Hall–Kier alpha value is -0.890. The number of hydrogen-bond donors (Lipinski definition) is 6. The van der Waals surface area contributed by atoms with Crippen LogP contribution < -0.4 is 0 Å². The van der Waals surface area contributed by atoms with Crippen LogP contribution in [0.2, 0.25) is 0 Å². The predicted octanol–water partition coefficient (Wildman–Crippen LogP) is -3.93. The van der Waals surface area contributed by atoms with Gasteiger partial charge in [0.15, 0.2) is 12.2 Å². The van der Waals surface area contributed by atoms with Gasteiger partial charge in [-0.05, 0) is 0 Å². The highest BCUT2D eigenvalue weighted by Crippen LogP contribution is 2.32. The summed E-state index contributed by atoms with van der Waals surface area (Å²) in [6, 6.07) is -0.780. The van der Waals surface area contributed by atoms with E-state index in [1.165, 1.54) is 0 Å². The van der Waals surface area contributed by atoms with Crippen LogP contribution in [0.25, 0.3) is 0 Å². The molecule has 11 nitrogen and oxygen atoms in total. The maximum absolute atomic E-state index is 10.5. The minimum Gasteiger partial charge on any atom is -0.450 e. The lowest BCUT2D eigenvalue weighted by Gasteiger charge is -2.44. The molecule has 0 bridgehead atoms. The zero-order chi connectivity index (χ0) is 18.3. The largest absolute Gasteiger partial charge is 0.450 e. The number of aliphatic hydroxyl groups is 6. The average molecular weight is 365 g/mol. The number of rotatable bonds is 4. The Kier molecular flexibility index (Phi) is 5.58. The van der Waals surface area contributed by atoms with E-state index >= 15 is 0 Å². The molecule has 3 aliphatic heterocycles. The summed E-state index contributed by atoms with van der Waals surface area (Å²) in [6.45, 7) is 0.473. The van der Waals surface area contributed by atoms with Crippen LogP contribution in [-0.4, -0.2) is 111 Å². The van der Waals surface area contributed by atoms with Crippen molar-refractivity contribution in [3.63, 3.8) is 0 Å². The van der Waals surface area contributed by atoms with Crippen molar-refractivity contribution in [3.05, 3.63) is 0 Å². The third-order valence-electron chi connectivity index (χ3n) is 4.58. The maximum atomic E-state index is 10.5. The molecule has 3 heterocycles. The fourth-order valence-electron chi connectivity index (χ4n) is 3.20. The topological polar surface area (TPSA) is 171 Å². The fraction of sp³-hybridized carbons (Fsp3) is 0.929. The van der Waals surface area contributed by atoms with Gasteiger partial charge in [-0.15, -0.1) is 0 Å². The molecule has 10 atom stereocenters. The average Bonchev–Trinajstić information content (AvgIpc) is 2.97. The van der Waals surface area contributed by atoms with Crippen molar-refractivity contribution in [2.45, 2.75) is 68.3 Å². The molecule has 25 heavy (non-hydrogen) atoms. The van der Waals surface area contributed by atoms with Crippen LogP contribution in [-0.2, 0) is 18.9 Å². The van der Waals surface area contributed by atoms with Gasteiger partial charge >= 0.3 is 0 Å². The van der Waals surface area contributed by atoms with Gasteiger partial charge in [-0.2, -0.15) is 0 Å². The summed E-state index contributed by atoms with van der Waals surface area (Å²) in [4.78, 5) is 4.11. The van der Waals surface area contributed by atoms with Gasteiger partial charge in [-0.25, -0.2) is 4.99 Å². The summed E-state index contributed by atoms with van der Waals surface area (Å²) in [7, 11) is 0. The Bertz CT molecular complexity index is 502. The Morgan fingerprint density at radius 3 is 2.24 bits per heavy atom. The van der Waals surface area contributed by atoms with Gasteiger partial charge in [0.05, 0.1) is 13.2 Å². The monoisotopic (exact) mass is 365 g/mol. The molecule has 0 spiro atoms. The van der Waals surface area contributed by atoms with E-state index in [9.17, 15) is 30.6 Å². The molecule has 144 valence electrons. The third kappa shape index (κ3) is 3.39. The van der Waals surface area contributed by atoms with Gasteiger partial charge in [0.1, 0.15) is 48.8 Å². The minimum atomic E-state index is -1.63. The molecule has 0 aromatic rings. The summed E-state index contributed by atoms with van der Waals surface area (Å²) >= 11 is 0. The normalized spacial score (nSPS) is 50.1. The molecule has 3 rings (SSSR count). The van der Waals surface area contributed by atoms with E-state index in [1.807, 2.05) is 0 Å². The molecular weight excluding hydrogens is 342 g/mol. The summed E-state index contributed by atoms with van der Waals surface area (Å²) in [5.41, 5.74) is 0. The van der Waals surface area contributed by atoms with Crippen molar-refractivity contribution >= 4 is 5.90 Å². The van der Waals surface area contributed by atoms with Crippen molar-refractivity contribution in [2.24, 2.45) is 4.99 Å². The van der Waals surface area contributed by atoms with Crippen LogP contribution in [0.15, 0.2) is 4.99 Å². The molecule has 0 radical (unpaired) electrons. The molecule has 0 amide bonds. The molecule has 2 saturated heterocycles.